The minimum atomic E-state index is -0.438. The van der Waals surface area contributed by atoms with Crippen molar-refractivity contribution in [2.24, 2.45) is 5.92 Å². The Bertz CT molecular complexity index is 781. The molecule has 26 heavy (non-hydrogen) atoms. The number of rotatable bonds is 4. The summed E-state index contributed by atoms with van der Waals surface area (Å²) >= 11 is 0. The molecule has 0 aliphatic carbocycles. The number of aryl methyl sites for hydroxylation is 1. The zero-order valence-corrected chi connectivity index (χ0v) is 14.9. The molecule has 2 aromatic carbocycles. The summed E-state index contributed by atoms with van der Waals surface area (Å²) in [5.41, 5.74) is 2.37. The normalized spacial score (nSPS) is 14.9. The number of hydrogen-bond donors (Lipinski definition) is 1. The van der Waals surface area contributed by atoms with Crippen molar-refractivity contribution in [3.63, 3.8) is 0 Å². The van der Waals surface area contributed by atoms with Crippen LogP contribution in [0.1, 0.15) is 24.0 Å². The van der Waals surface area contributed by atoms with Gasteiger partial charge in [-0.2, -0.15) is 0 Å². The lowest BCUT2D eigenvalue weighted by Gasteiger charge is -2.31. The Hall–Kier alpha value is -2.69. The fourth-order valence-electron chi connectivity index (χ4n) is 3.18. The van der Waals surface area contributed by atoms with E-state index in [1.807, 2.05) is 36.1 Å². The highest BCUT2D eigenvalue weighted by molar-refractivity contribution is 5.92. The average Bonchev–Trinajstić information content (AvgIpc) is 2.65. The maximum atomic E-state index is 13.6. The van der Waals surface area contributed by atoms with E-state index in [2.05, 4.69) is 5.32 Å². The van der Waals surface area contributed by atoms with Crippen molar-refractivity contribution in [3.05, 3.63) is 65.5 Å². The second kappa shape index (κ2) is 8.13. The first-order chi connectivity index (χ1) is 12.5. The van der Waals surface area contributed by atoms with Crippen LogP contribution in [0.3, 0.4) is 0 Å². The number of carbonyl (C=O) groups excluding carboxylic acids is 2. The number of nitrogens with one attached hydrogen (secondary N) is 1. The van der Waals surface area contributed by atoms with E-state index in [1.54, 1.807) is 18.2 Å². The maximum Gasteiger partial charge on any atom is 0.227 e. The quantitative estimate of drug-likeness (QED) is 0.913. The Kier molecular flexibility index (Phi) is 5.66. The molecule has 0 atom stereocenters. The van der Waals surface area contributed by atoms with E-state index in [4.69, 9.17) is 0 Å². The lowest BCUT2D eigenvalue weighted by Crippen LogP contribution is -2.42. The van der Waals surface area contributed by atoms with E-state index in [1.165, 1.54) is 11.6 Å². The van der Waals surface area contributed by atoms with Gasteiger partial charge in [0.05, 0.1) is 12.1 Å². The van der Waals surface area contributed by atoms with Crippen molar-refractivity contribution in [2.45, 2.75) is 26.2 Å². The van der Waals surface area contributed by atoms with Gasteiger partial charge in [0.25, 0.3) is 0 Å². The summed E-state index contributed by atoms with van der Waals surface area (Å²) in [6, 6.07) is 14.1. The fourth-order valence-corrected chi connectivity index (χ4v) is 3.18. The minimum absolute atomic E-state index is 0.0850. The Morgan fingerprint density at radius 1 is 1.08 bits per heavy atom. The summed E-state index contributed by atoms with van der Waals surface area (Å²) in [4.78, 5) is 26.6. The highest BCUT2D eigenvalue weighted by Crippen LogP contribution is 2.21. The summed E-state index contributed by atoms with van der Waals surface area (Å²) in [5, 5.41) is 2.65. The third-order valence-electron chi connectivity index (χ3n) is 4.83. The largest absolute Gasteiger partial charge is 0.342 e. The average molecular weight is 354 g/mol. The van der Waals surface area contributed by atoms with Gasteiger partial charge in [-0.3, -0.25) is 9.59 Å². The Balaban J connectivity index is 1.50. The second-order valence-electron chi connectivity index (χ2n) is 6.79. The van der Waals surface area contributed by atoms with Gasteiger partial charge in [0, 0.05) is 19.0 Å². The monoisotopic (exact) mass is 354 g/mol. The van der Waals surface area contributed by atoms with Crippen molar-refractivity contribution >= 4 is 17.5 Å². The molecule has 1 aliphatic heterocycles. The van der Waals surface area contributed by atoms with Gasteiger partial charge in [0.2, 0.25) is 11.8 Å². The first kappa shape index (κ1) is 18.1. The molecule has 2 aromatic rings. The highest BCUT2D eigenvalue weighted by Gasteiger charge is 2.27. The van der Waals surface area contributed by atoms with Crippen LogP contribution >= 0.6 is 0 Å². The summed E-state index contributed by atoms with van der Waals surface area (Å²) in [6.07, 6.45) is 1.58. The molecular formula is C21H23FN2O2. The molecule has 1 fully saturated rings. The van der Waals surface area contributed by atoms with Crippen molar-refractivity contribution in [1.82, 2.24) is 4.90 Å². The molecule has 2 amide bonds. The predicted molar refractivity (Wildman–Crippen MR) is 99.2 cm³/mol. The van der Waals surface area contributed by atoms with Crippen molar-refractivity contribution < 1.29 is 14.0 Å². The van der Waals surface area contributed by atoms with Crippen LogP contribution < -0.4 is 5.32 Å². The number of halogens is 1. The first-order valence-electron chi connectivity index (χ1n) is 8.91. The molecule has 0 bridgehead atoms. The molecule has 1 N–H and O–H groups in total. The van der Waals surface area contributed by atoms with Gasteiger partial charge in [-0.05, 0) is 37.5 Å². The van der Waals surface area contributed by atoms with Crippen LogP contribution in [0.5, 0.6) is 0 Å². The molecule has 5 heteroatoms. The molecule has 1 saturated heterocycles. The number of piperidine rings is 1. The number of likely N-dealkylation sites (tertiary alicyclic amines) is 1. The number of amides is 2. The van der Waals surface area contributed by atoms with E-state index in [0.717, 1.165) is 5.56 Å². The Labute approximate surface area is 153 Å². The van der Waals surface area contributed by atoms with E-state index in [-0.39, 0.29) is 23.4 Å². The Morgan fingerprint density at radius 3 is 2.38 bits per heavy atom. The van der Waals surface area contributed by atoms with Gasteiger partial charge < -0.3 is 10.2 Å². The maximum absolute atomic E-state index is 13.6. The van der Waals surface area contributed by atoms with E-state index in [0.29, 0.717) is 32.4 Å². The van der Waals surface area contributed by atoms with Gasteiger partial charge in [-0.1, -0.05) is 42.0 Å². The molecule has 4 nitrogen and oxygen atoms in total. The summed E-state index contributed by atoms with van der Waals surface area (Å²) < 4.78 is 13.6. The molecule has 0 aromatic heterocycles. The van der Waals surface area contributed by atoms with Gasteiger partial charge >= 0.3 is 0 Å². The van der Waals surface area contributed by atoms with Crippen LogP contribution in [0.4, 0.5) is 10.1 Å². The van der Waals surface area contributed by atoms with Crippen molar-refractivity contribution in [2.75, 3.05) is 18.4 Å². The molecule has 0 spiro atoms. The van der Waals surface area contributed by atoms with Gasteiger partial charge in [-0.25, -0.2) is 4.39 Å². The fraction of sp³-hybridized carbons (Fsp3) is 0.333. The number of hydrogen-bond acceptors (Lipinski definition) is 2. The van der Waals surface area contributed by atoms with Crippen LogP contribution in [0, 0.1) is 18.7 Å². The molecule has 1 heterocycles. The topological polar surface area (TPSA) is 49.4 Å². The smallest absolute Gasteiger partial charge is 0.227 e. The number of carbonyl (C=O) groups is 2. The zero-order valence-electron chi connectivity index (χ0n) is 14.9. The van der Waals surface area contributed by atoms with Gasteiger partial charge in [0.1, 0.15) is 5.82 Å². The lowest BCUT2D eigenvalue weighted by atomic mass is 9.95. The third-order valence-corrected chi connectivity index (χ3v) is 4.83. The number of anilines is 1. The van der Waals surface area contributed by atoms with Crippen LogP contribution in [0.25, 0.3) is 0 Å². The molecule has 0 radical (unpaired) electrons. The minimum Gasteiger partial charge on any atom is -0.342 e. The number of para-hydroxylation sites is 1. The standard InChI is InChI=1S/C21H23FN2O2/c1-15-6-8-16(9-7-15)14-20(25)24-12-10-17(11-13-24)21(26)23-19-5-3-2-4-18(19)22/h2-9,17H,10-14H2,1H3,(H,23,26). The molecule has 0 saturated carbocycles. The van der Waals surface area contributed by atoms with Crippen molar-refractivity contribution in [1.29, 1.82) is 0 Å². The second-order valence-corrected chi connectivity index (χ2v) is 6.79. The first-order valence-corrected chi connectivity index (χ1v) is 8.91. The van der Waals surface area contributed by atoms with Gasteiger partial charge in [0.15, 0.2) is 0 Å². The molecule has 3 rings (SSSR count). The molecule has 0 unspecified atom stereocenters. The van der Waals surface area contributed by atoms with Crippen LogP contribution in [-0.2, 0) is 16.0 Å². The van der Waals surface area contributed by atoms with Crippen LogP contribution in [-0.4, -0.2) is 29.8 Å². The molecule has 136 valence electrons. The SMILES string of the molecule is Cc1ccc(CC(=O)N2CCC(C(=O)Nc3ccccc3F)CC2)cc1. The van der Waals surface area contributed by atoms with Crippen LogP contribution in [0.15, 0.2) is 48.5 Å². The highest BCUT2D eigenvalue weighted by atomic mass is 19.1. The van der Waals surface area contributed by atoms with E-state index in [9.17, 15) is 14.0 Å². The summed E-state index contributed by atoms with van der Waals surface area (Å²) in [5.74, 6) is -0.729. The number of nitrogens with zero attached hydrogens (tertiary/aromatic N) is 1. The third kappa shape index (κ3) is 4.48. The van der Waals surface area contributed by atoms with E-state index >= 15 is 0 Å². The zero-order chi connectivity index (χ0) is 18.5. The summed E-state index contributed by atoms with van der Waals surface area (Å²) in [7, 11) is 0. The molecular weight excluding hydrogens is 331 g/mol. The number of benzene rings is 2. The van der Waals surface area contributed by atoms with Crippen LogP contribution in [0.2, 0.25) is 0 Å². The Morgan fingerprint density at radius 2 is 1.73 bits per heavy atom. The lowest BCUT2D eigenvalue weighted by molar-refractivity contribution is -0.133. The predicted octanol–water partition coefficient (Wildman–Crippen LogP) is 3.55. The van der Waals surface area contributed by atoms with Gasteiger partial charge in [-0.15, -0.1) is 0 Å². The molecule has 1 aliphatic rings. The van der Waals surface area contributed by atoms with Crippen molar-refractivity contribution in [3.8, 4) is 0 Å². The summed E-state index contributed by atoms with van der Waals surface area (Å²) in [6.45, 7) is 3.13. The van der Waals surface area contributed by atoms with E-state index < -0.39 is 5.82 Å².